The molecule has 138 valence electrons. The van der Waals surface area contributed by atoms with Crippen molar-refractivity contribution in [2.75, 3.05) is 12.4 Å². The summed E-state index contributed by atoms with van der Waals surface area (Å²) in [5.41, 5.74) is 2.73. The molecule has 0 radical (unpaired) electrons. The summed E-state index contributed by atoms with van der Waals surface area (Å²) in [5, 5.41) is 6.91. The lowest BCUT2D eigenvalue weighted by molar-refractivity contribution is 0.102. The lowest BCUT2D eigenvalue weighted by atomic mass is 10.1. The van der Waals surface area contributed by atoms with E-state index in [1.54, 1.807) is 43.5 Å². The molecule has 0 fully saturated rings. The average molecular weight is 371 g/mol. The highest BCUT2D eigenvalue weighted by Gasteiger charge is 2.12. The maximum Gasteiger partial charge on any atom is 0.258 e. The second-order valence-electron chi connectivity index (χ2n) is 6.06. The number of carbonyl (C=O) groups is 1. The molecule has 0 spiro atoms. The van der Waals surface area contributed by atoms with Gasteiger partial charge in [-0.2, -0.15) is 4.98 Å². The van der Waals surface area contributed by atoms with Gasteiger partial charge in [0.2, 0.25) is 5.82 Å². The van der Waals surface area contributed by atoms with Crippen molar-refractivity contribution in [1.82, 2.24) is 10.1 Å². The van der Waals surface area contributed by atoms with Gasteiger partial charge >= 0.3 is 0 Å². The molecule has 3 aromatic carbocycles. The molecule has 1 heterocycles. The van der Waals surface area contributed by atoms with Crippen molar-refractivity contribution in [3.05, 3.63) is 84.4 Å². The van der Waals surface area contributed by atoms with Crippen molar-refractivity contribution in [2.24, 2.45) is 0 Å². The summed E-state index contributed by atoms with van der Waals surface area (Å²) in [6, 6.07) is 23.8. The molecule has 0 aliphatic rings. The first-order valence-electron chi connectivity index (χ1n) is 8.68. The van der Waals surface area contributed by atoms with Gasteiger partial charge in [-0.3, -0.25) is 4.79 Å². The third kappa shape index (κ3) is 3.76. The fourth-order valence-corrected chi connectivity index (χ4v) is 2.74. The molecule has 0 atom stereocenters. The smallest absolute Gasteiger partial charge is 0.258 e. The third-order valence-electron chi connectivity index (χ3n) is 4.16. The fraction of sp³-hybridized carbons (Fsp3) is 0.0455. The van der Waals surface area contributed by atoms with Crippen molar-refractivity contribution in [3.63, 3.8) is 0 Å². The zero-order valence-corrected chi connectivity index (χ0v) is 15.1. The Morgan fingerprint density at radius 2 is 1.71 bits per heavy atom. The van der Waals surface area contributed by atoms with E-state index in [2.05, 4.69) is 15.5 Å². The topological polar surface area (TPSA) is 77.2 Å². The van der Waals surface area contributed by atoms with Crippen LogP contribution in [0.25, 0.3) is 22.8 Å². The van der Waals surface area contributed by atoms with Gasteiger partial charge in [0.1, 0.15) is 5.75 Å². The van der Waals surface area contributed by atoms with Gasteiger partial charge < -0.3 is 14.6 Å². The number of ether oxygens (including phenoxy) is 1. The first-order chi connectivity index (χ1) is 13.7. The number of methoxy groups -OCH3 is 1. The molecule has 4 rings (SSSR count). The molecule has 0 saturated heterocycles. The van der Waals surface area contributed by atoms with E-state index in [1.807, 2.05) is 42.5 Å². The SMILES string of the molecule is COc1cccc(C(=O)Nc2cccc(-c3nc(-c4ccccc4)no3)c2)c1. The minimum absolute atomic E-state index is 0.230. The lowest BCUT2D eigenvalue weighted by Crippen LogP contribution is -2.11. The normalized spacial score (nSPS) is 10.5. The van der Waals surface area contributed by atoms with Gasteiger partial charge in [0, 0.05) is 22.4 Å². The molecule has 1 aromatic heterocycles. The zero-order valence-electron chi connectivity index (χ0n) is 15.1. The second-order valence-corrected chi connectivity index (χ2v) is 6.06. The minimum Gasteiger partial charge on any atom is -0.497 e. The third-order valence-corrected chi connectivity index (χ3v) is 4.16. The predicted octanol–water partition coefficient (Wildman–Crippen LogP) is 4.66. The summed E-state index contributed by atoms with van der Waals surface area (Å²) in [4.78, 5) is 16.9. The van der Waals surface area contributed by atoms with Crippen LogP contribution in [0.15, 0.2) is 83.4 Å². The van der Waals surface area contributed by atoms with E-state index < -0.39 is 0 Å². The van der Waals surface area contributed by atoms with Gasteiger partial charge in [-0.15, -0.1) is 0 Å². The Bertz CT molecular complexity index is 1110. The maximum absolute atomic E-state index is 12.5. The number of anilines is 1. The standard InChI is InChI=1S/C22H17N3O3/c1-27-19-12-6-9-16(14-19)21(26)23-18-11-5-10-17(13-18)22-24-20(25-28-22)15-7-3-2-4-8-15/h2-14H,1H3,(H,23,26). The van der Waals surface area contributed by atoms with Crippen LogP contribution in [0.1, 0.15) is 10.4 Å². The Labute approximate surface area is 161 Å². The van der Waals surface area contributed by atoms with Crippen molar-refractivity contribution in [2.45, 2.75) is 0 Å². The Balaban J connectivity index is 1.55. The number of hydrogen-bond donors (Lipinski definition) is 1. The summed E-state index contributed by atoms with van der Waals surface area (Å²) in [5.74, 6) is 1.30. The highest BCUT2D eigenvalue weighted by Crippen LogP contribution is 2.24. The molecule has 6 nitrogen and oxygen atoms in total. The summed E-state index contributed by atoms with van der Waals surface area (Å²) in [6.45, 7) is 0. The summed E-state index contributed by atoms with van der Waals surface area (Å²) in [6.07, 6.45) is 0. The number of nitrogens with one attached hydrogen (secondary N) is 1. The van der Waals surface area contributed by atoms with Gasteiger partial charge in [0.15, 0.2) is 0 Å². The quantitative estimate of drug-likeness (QED) is 0.552. The summed E-state index contributed by atoms with van der Waals surface area (Å²) in [7, 11) is 1.56. The number of benzene rings is 3. The highest BCUT2D eigenvalue weighted by molar-refractivity contribution is 6.04. The molecule has 0 aliphatic heterocycles. The van der Waals surface area contributed by atoms with Gasteiger partial charge in [0.05, 0.1) is 7.11 Å². The Morgan fingerprint density at radius 3 is 2.54 bits per heavy atom. The van der Waals surface area contributed by atoms with Crippen molar-refractivity contribution < 1.29 is 14.1 Å². The van der Waals surface area contributed by atoms with Crippen molar-refractivity contribution in [1.29, 1.82) is 0 Å². The van der Waals surface area contributed by atoms with Crippen LogP contribution in [0.3, 0.4) is 0 Å². The second kappa shape index (κ2) is 7.75. The number of hydrogen-bond acceptors (Lipinski definition) is 5. The molecular formula is C22H17N3O3. The van der Waals surface area contributed by atoms with Crippen LogP contribution in [-0.4, -0.2) is 23.2 Å². The van der Waals surface area contributed by atoms with E-state index in [9.17, 15) is 4.79 Å². The van der Waals surface area contributed by atoms with Gasteiger partial charge in [0.25, 0.3) is 11.8 Å². The number of carbonyl (C=O) groups excluding carboxylic acids is 1. The minimum atomic E-state index is -0.230. The molecular weight excluding hydrogens is 354 g/mol. The van der Waals surface area contributed by atoms with E-state index in [4.69, 9.17) is 9.26 Å². The Hall–Kier alpha value is -3.93. The molecule has 0 unspecified atom stereocenters. The van der Waals surface area contributed by atoms with E-state index >= 15 is 0 Å². The molecule has 0 saturated carbocycles. The number of aromatic nitrogens is 2. The first-order valence-corrected chi connectivity index (χ1v) is 8.68. The van der Waals surface area contributed by atoms with E-state index in [0.29, 0.717) is 28.7 Å². The average Bonchev–Trinajstić information content (AvgIpc) is 3.25. The number of amides is 1. The highest BCUT2D eigenvalue weighted by atomic mass is 16.5. The Morgan fingerprint density at radius 1 is 0.929 bits per heavy atom. The van der Waals surface area contributed by atoms with Crippen LogP contribution >= 0.6 is 0 Å². The van der Waals surface area contributed by atoms with Crippen LogP contribution < -0.4 is 10.1 Å². The van der Waals surface area contributed by atoms with E-state index in [-0.39, 0.29) is 5.91 Å². The van der Waals surface area contributed by atoms with Crippen LogP contribution in [0.5, 0.6) is 5.75 Å². The zero-order chi connectivity index (χ0) is 19.3. The van der Waals surface area contributed by atoms with E-state index in [1.165, 1.54) is 0 Å². The van der Waals surface area contributed by atoms with Crippen LogP contribution in [-0.2, 0) is 0 Å². The summed E-state index contributed by atoms with van der Waals surface area (Å²) >= 11 is 0. The van der Waals surface area contributed by atoms with E-state index in [0.717, 1.165) is 11.1 Å². The monoisotopic (exact) mass is 371 g/mol. The van der Waals surface area contributed by atoms with Gasteiger partial charge in [-0.25, -0.2) is 0 Å². The maximum atomic E-state index is 12.5. The fourth-order valence-electron chi connectivity index (χ4n) is 2.74. The molecule has 4 aromatic rings. The van der Waals surface area contributed by atoms with Crippen LogP contribution in [0, 0.1) is 0 Å². The van der Waals surface area contributed by atoms with Crippen molar-refractivity contribution >= 4 is 11.6 Å². The first kappa shape index (κ1) is 17.5. The molecule has 28 heavy (non-hydrogen) atoms. The lowest BCUT2D eigenvalue weighted by Gasteiger charge is -2.07. The predicted molar refractivity (Wildman–Crippen MR) is 106 cm³/mol. The molecule has 0 aliphatic carbocycles. The largest absolute Gasteiger partial charge is 0.497 e. The summed E-state index contributed by atoms with van der Waals surface area (Å²) < 4.78 is 10.6. The number of nitrogens with zero attached hydrogens (tertiary/aromatic N) is 2. The van der Waals surface area contributed by atoms with Crippen molar-refractivity contribution in [3.8, 4) is 28.6 Å². The van der Waals surface area contributed by atoms with Gasteiger partial charge in [-0.1, -0.05) is 47.6 Å². The molecule has 0 bridgehead atoms. The van der Waals surface area contributed by atoms with Gasteiger partial charge in [-0.05, 0) is 36.4 Å². The molecule has 1 N–H and O–H groups in total. The molecule has 6 heteroatoms. The van der Waals surface area contributed by atoms with Crippen LogP contribution in [0.4, 0.5) is 5.69 Å². The molecule has 1 amide bonds. The Kier molecular flexibility index (Phi) is 4.84. The number of rotatable bonds is 5. The van der Waals surface area contributed by atoms with Crippen LogP contribution in [0.2, 0.25) is 0 Å².